The van der Waals surface area contributed by atoms with Gasteiger partial charge in [-0.3, -0.25) is 0 Å². The lowest BCUT2D eigenvalue weighted by Gasteiger charge is -2.12. The average Bonchev–Trinajstić information content (AvgIpc) is 2.45. The van der Waals surface area contributed by atoms with Crippen LogP contribution >= 0.6 is 0 Å². The van der Waals surface area contributed by atoms with Crippen molar-refractivity contribution in [3.05, 3.63) is 59.7 Å². The molecule has 0 aromatic heterocycles. The third-order valence-corrected chi connectivity index (χ3v) is 3.22. The summed E-state index contributed by atoms with van der Waals surface area (Å²) in [6.45, 7) is 2.11. The molecule has 0 spiro atoms. The molecule has 0 bridgehead atoms. The fourth-order valence-corrected chi connectivity index (χ4v) is 2.14. The highest BCUT2D eigenvalue weighted by molar-refractivity contribution is 5.68. The summed E-state index contributed by atoms with van der Waals surface area (Å²) in [6, 6.07) is 14.0. The Hall–Kier alpha value is -1.77. The molecule has 0 nitrogen and oxygen atoms in total. The molecule has 0 amide bonds. The van der Waals surface area contributed by atoms with E-state index in [0.29, 0.717) is 5.56 Å². The fourth-order valence-electron chi connectivity index (χ4n) is 2.14. The highest BCUT2D eigenvalue weighted by Gasteiger charge is 2.33. The second-order valence-electron chi connectivity index (χ2n) is 4.76. The predicted molar refractivity (Wildman–Crippen MR) is 74.3 cm³/mol. The van der Waals surface area contributed by atoms with E-state index in [1.54, 1.807) is 18.2 Å². The van der Waals surface area contributed by atoms with E-state index < -0.39 is 11.7 Å². The first-order valence-corrected chi connectivity index (χ1v) is 6.69. The van der Waals surface area contributed by atoms with Gasteiger partial charge >= 0.3 is 6.18 Å². The van der Waals surface area contributed by atoms with Gasteiger partial charge in [-0.05, 0) is 35.6 Å². The first-order chi connectivity index (χ1) is 9.52. The van der Waals surface area contributed by atoms with Crippen LogP contribution in [0, 0.1) is 6.07 Å². The Morgan fingerprint density at radius 1 is 1.05 bits per heavy atom. The fraction of sp³-hybridized carbons (Fsp3) is 0.294. The maximum Gasteiger partial charge on any atom is 0.417 e. The summed E-state index contributed by atoms with van der Waals surface area (Å²) in [4.78, 5) is 0. The average molecular weight is 277 g/mol. The van der Waals surface area contributed by atoms with Crippen molar-refractivity contribution in [1.29, 1.82) is 0 Å². The Morgan fingerprint density at radius 3 is 2.35 bits per heavy atom. The number of benzene rings is 2. The van der Waals surface area contributed by atoms with Crippen molar-refractivity contribution in [3.63, 3.8) is 0 Å². The molecule has 105 valence electrons. The van der Waals surface area contributed by atoms with Gasteiger partial charge in [0.15, 0.2) is 0 Å². The zero-order valence-corrected chi connectivity index (χ0v) is 11.3. The highest BCUT2D eigenvalue weighted by atomic mass is 19.4. The van der Waals surface area contributed by atoms with E-state index in [1.807, 2.05) is 12.1 Å². The minimum Gasteiger partial charge on any atom is -0.166 e. The van der Waals surface area contributed by atoms with Crippen LogP contribution in [0.5, 0.6) is 0 Å². The van der Waals surface area contributed by atoms with Gasteiger partial charge in [0.25, 0.3) is 0 Å². The van der Waals surface area contributed by atoms with Crippen molar-refractivity contribution in [3.8, 4) is 11.1 Å². The van der Waals surface area contributed by atoms with Crippen molar-refractivity contribution >= 4 is 0 Å². The second kappa shape index (κ2) is 6.12. The molecule has 0 atom stereocenters. The van der Waals surface area contributed by atoms with Gasteiger partial charge in [0.2, 0.25) is 0 Å². The molecular formula is C17H16F3. The van der Waals surface area contributed by atoms with Crippen molar-refractivity contribution in [2.24, 2.45) is 0 Å². The summed E-state index contributed by atoms with van der Waals surface area (Å²) in [5.41, 5.74) is 1.21. The largest absolute Gasteiger partial charge is 0.417 e. The predicted octanol–water partition coefficient (Wildman–Crippen LogP) is 5.52. The summed E-state index contributed by atoms with van der Waals surface area (Å²) in [5, 5.41) is 0. The molecule has 1 radical (unpaired) electrons. The van der Waals surface area contributed by atoms with E-state index in [9.17, 15) is 13.2 Å². The molecule has 0 fully saturated rings. The number of halogens is 3. The Labute approximate surface area is 117 Å². The van der Waals surface area contributed by atoms with Gasteiger partial charge in [0.1, 0.15) is 0 Å². The number of alkyl halides is 3. The van der Waals surface area contributed by atoms with Gasteiger partial charge in [0.05, 0.1) is 5.56 Å². The monoisotopic (exact) mass is 277 g/mol. The van der Waals surface area contributed by atoms with Crippen LogP contribution in [-0.4, -0.2) is 0 Å². The van der Waals surface area contributed by atoms with Gasteiger partial charge < -0.3 is 0 Å². The molecule has 0 unspecified atom stereocenters. The Balaban J connectivity index is 2.33. The first-order valence-electron chi connectivity index (χ1n) is 6.69. The van der Waals surface area contributed by atoms with Crippen LogP contribution in [0.15, 0.2) is 42.5 Å². The maximum absolute atomic E-state index is 12.9. The molecule has 20 heavy (non-hydrogen) atoms. The molecule has 0 aliphatic carbocycles. The zero-order valence-electron chi connectivity index (χ0n) is 11.3. The van der Waals surface area contributed by atoms with Crippen LogP contribution < -0.4 is 0 Å². The van der Waals surface area contributed by atoms with Crippen molar-refractivity contribution in [1.82, 2.24) is 0 Å². The Bertz CT molecular complexity index is 553. The smallest absolute Gasteiger partial charge is 0.166 e. The molecule has 2 aromatic carbocycles. The highest BCUT2D eigenvalue weighted by Crippen LogP contribution is 2.36. The SMILES string of the molecule is CCCCc1ccc(-c2ccc[c]c2C(F)(F)F)cc1. The number of hydrogen-bond donors (Lipinski definition) is 0. The molecule has 0 saturated heterocycles. The molecule has 2 aromatic rings. The summed E-state index contributed by atoms with van der Waals surface area (Å²) in [5.74, 6) is 0. The Kier molecular flexibility index (Phi) is 4.48. The lowest BCUT2D eigenvalue weighted by molar-refractivity contribution is -0.137. The molecular weight excluding hydrogens is 261 g/mol. The van der Waals surface area contributed by atoms with E-state index in [2.05, 4.69) is 13.0 Å². The molecule has 3 heteroatoms. The molecule has 0 N–H and O–H groups in total. The summed E-state index contributed by atoms with van der Waals surface area (Å²) < 4.78 is 38.8. The third kappa shape index (κ3) is 3.41. The van der Waals surface area contributed by atoms with Crippen LogP contribution in [0.1, 0.15) is 30.9 Å². The zero-order chi connectivity index (χ0) is 14.6. The van der Waals surface area contributed by atoms with Crippen molar-refractivity contribution in [2.45, 2.75) is 32.4 Å². The first kappa shape index (κ1) is 14.6. The van der Waals surface area contributed by atoms with Crippen molar-refractivity contribution in [2.75, 3.05) is 0 Å². The second-order valence-corrected chi connectivity index (χ2v) is 4.76. The third-order valence-electron chi connectivity index (χ3n) is 3.22. The topological polar surface area (TPSA) is 0 Å². The summed E-state index contributed by atoms with van der Waals surface area (Å²) in [6.07, 6.45) is -1.22. The standard InChI is InChI=1S/C17H16F3/c1-2-3-6-13-9-11-14(12-10-13)15-7-4-5-8-16(15)17(18,19)20/h4-5,7,9-12H,2-3,6H2,1H3. The van der Waals surface area contributed by atoms with Gasteiger partial charge in [-0.15, -0.1) is 0 Å². The van der Waals surface area contributed by atoms with Gasteiger partial charge in [-0.25, -0.2) is 0 Å². The molecule has 0 aliphatic rings. The minimum absolute atomic E-state index is 0.182. The van der Waals surface area contributed by atoms with Crippen LogP contribution in [0.2, 0.25) is 0 Å². The van der Waals surface area contributed by atoms with E-state index in [0.717, 1.165) is 24.8 Å². The van der Waals surface area contributed by atoms with E-state index in [4.69, 9.17) is 0 Å². The molecule has 0 saturated carbocycles. The van der Waals surface area contributed by atoms with Crippen LogP contribution in [0.3, 0.4) is 0 Å². The number of hydrogen-bond acceptors (Lipinski definition) is 0. The molecule has 0 heterocycles. The normalized spacial score (nSPS) is 11.6. The maximum atomic E-state index is 12.9. The van der Waals surface area contributed by atoms with Crippen LogP contribution in [0.4, 0.5) is 13.2 Å². The van der Waals surface area contributed by atoms with E-state index >= 15 is 0 Å². The molecule has 0 aliphatic heterocycles. The quantitative estimate of drug-likeness (QED) is 0.690. The van der Waals surface area contributed by atoms with Crippen LogP contribution in [0.25, 0.3) is 11.1 Å². The lowest BCUT2D eigenvalue weighted by atomic mass is 9.97. The van der Waals surface area contributed by atoms with Crippen molar-refractivity contribution < 1.29 is 13.2 Å². The van der Waals surface area contributed by atoms with Crippen LogP contribution in [-0.2, 0) is 12.6 Å². The summed E-state index contributed by atoms with van der Waals surface area (Å²) in [7, 11) is 0. The number of unbranched alkanes of at least 4 members (excludes halogenated alkanes) is 1. The van der Waals surface area contributed by atoms with Gasteiger partial charge in [-0.1, -0.05) is 55.8 Å². The number of rotatable bonds is 4. The van der Waals surface area contributed by atoms with E-state index in [-0.39, 0.29) is 5.56 Å². The van der Waals surface area contributed by atoms with Gasteiger partial charge in [-0.2, -0.15) is 13.2 Å². The van der Waals surface area contributed by atoms with E-state index in [1.165, 1.54) is 12.1 Å². The summed E-state index contributed by atoms with van der Waals surface area (Å²) >= 11 is 0. The van der Waals surface area contributed by atoms with Gasteiger partial charge in [0, 0.05) is 0 Å². The molecule has 2 rings (SSSR count). The minimum atomic E-state index is -4.38. The number of aryl methyl sites for hydroxylation is 1. The Morgan fingerprint density at radius 2 is 1.75 bits per heavy atom. The lowest BCUT2D eigenvalue weighted by Crippen LogP contribution is -2.07.